The van der Waals surface area contributed by atoms with Crippen molar-refractivity contribution in [1.82, 2.24) is 14.5 Å². The Kier molecular flexibility index (Phi) is 7.39. The number of benzene rings is 2. The van der Waals surface area contributed by atoms with Gasteiger partial charge >= 0.3 is 0 Å². The summed E-state index contributed by atoms with van der Waals surface area (Å²) in [4.78, 5) is 33.1. The van der Waals surface area contributed by atoms with E-state index in [1.807, 2.05) is 50.2 Å². The highest BCUT2D eigenvalue weighted by Crippen LogP contribution is 2.25. The average molecular weight is 472 g/mol. The molecule has 0 aliphatic rings. The molecule has 0 spiro atoms. The van der Waals surface area contributed by atoms with Gasteiger partial charge in [0, 0.05) is 31.3 Å². The van der Waals surface area contributed by atoms with Crippen molar-refractivity contribution >= 4 is 32.7 Å². The lowest BCUT2D eigenvalue weighted by Crippen LogP contribution is -2.38. The first kappa shape index (κ1) is 22.2. The van der Waals surface area contributed by atoms with Gasteiger partial charge in [-0.2, -0.15) is 0 Å². The molecule has 0 N–H and O–H groups in total. The summed E-state index contributed by atoms with van der Waals surface area (Å²) in [5, 5.41) is 0.582. The SMILES string of the molecule is CCn1c(C(C)N(CCCOC)C(=O)c2ccccc2Br)nc2ccccc2c1=O. The van der Waals surface area contributed by atoms with E-state index >= 15 is 0 Å². The van der Waals surface area contributed by atoms with Gasteiger partial charge in [0.25, 0.3) is 11.5 Å². The average Bonchev–Trinajstić information content (AvgIpc) is 2.76. The number of methoxy groups -OCH3 is 1. The van der Waals surface area contributed by atoms with Crippen LogP contribution in [0.1, 0.15) is 42.5 Å². The van der Waals surface area contributed by atoms with Gasteiger partial charge in [-0.15, -0.1) is 0 Å². The first-order chi connectivity index (χ1) is 14.5. The Morgan fingerprint density at radius 2 is 1.90 bits per heavy atom. The van der Waals surface area contributed by atoms with Gasteiger partial charge in [-0.1, -0.05) is 24.3 Å². The third kappa shape index (κ3) is 4.47. The highest BCUT2D eigenvalue weighted by atomic mass is 79.9. The van der Waals surface area contributed by atoms with E-state index in [9.17, 15) is 9.59 Å². The molecule has 1 unspecified atom stereocenters. The number of carbonyl (C=O) groups excluding carboxylic acids is 1. The molecule has 6 nitrogen and oxygen atoms in total. The third-order valence-electron chi connectivity index (χ3n) is 5.16. The van der Waals surface area contributed by atoms with Crippen molar-refractivity contribution in [2.45, 2.75) is 32.9 Å². The van der Waals surface area contributed by atoms with E-state index < -0.39 is 6.04 Å². The van der Waals surface area contributed by atoms with Crippen LogP contribution in [0.4, 0.5) is 0 Å². The Morgan fingerprint density at radius 3 is 2.60 bits per heavy atom. The number of para-hydroxylation sites is 1. The normalized spacial score (nSPS) is 12.1. The van der Waals surface area contributed by atoms with Gasteiger partial charge in [-0.05, 0) is 60.5 Å². The summed E-state index contributed by atoms with van der Waals surface area (Å²) < 4.78 is 7.58. The molecular weight excluding hydrogens is 446 g/mol. The van der Waals surface area contributed by atoms with Crippen LogP contribution in [0.15, 0.2) is 57.8 Å². The standard InChI is InChI=1S/C23H26BrN3O3/c1-4-26-21(25-20-13-8-6-11-18(20)23(26)29)16(2)27(14-9-15-30-3)22(28)17-10-5-7-12-19(17)24/h5-8,10-13,16H,4,9,14-15H2,1-3H3. The molecule has 0 radical (unpaired) electrons. The Balaban J connectivity index is 2.08. The minimum atomic E-state index is -0.390. The van der Waals surface area contributed by atoms with Gasteiger partial charge < -0.3 is 9.64 Å². The van der Waals surface area contributed by atoms with E-state index in [-0.39, 0.29) is 11.5 Å². The molecule has 1 atom stereocenters. The number of rotatable bonds is 8. The largest absolute Gasteiger partial charge is 0.385 e. The van der Waals surface area contributed by atoms with E-state index in [1.54, 1.807) is 28.7 Å². The molecule has 7 heteroatoms. The first-order valence-electron chi connectivity index (χ1n) is 10.0. The summed E-state index contributed by atoms with van der Waals surface area (Å²) in [6.07, 6.45) is 0.682. The van der Waals surface area contributed by atoms with Gasteiger partial charge in [0.2, 0.25) is 0 Å². The van der Waals surface area contributed by atoms with Crippen LogP contribution in [0.5, 0.6) is 0 Å². The molecule has 3 rings (SSSR count). The van der Waals surface area contributed by atoms with E-state index in [0.717, 1.165) is 4.47 Å². The molecular formula is C23H26BrN3O3. The zero-order valence-electron chi connectivity index (χ0n) is 17.5. The molecule has 0 bridgehead atoms. The summed E-state index contributed by atoms with van der Waals surface area (Å²) in [6, 6.07) is 14.3. The number of ether oxygens (including phenoxy) is 1. The van der Waals surface area contributed by atoms with Gasteiger partial charge in [0.15, 0.2) is 0 Å². The van der Waals surface area contributed by atoms with Gasteiger partial charge in [-0.25, -0.2) is 4.98 Å². The van der Waals surface area contributed by atoms with Crippen LogP contribution in [0.3, 0.4) is 0 Å². The molecule has 3 aromatic rings. The molecule has 0 aliphatic heterocycles. The molecule has 0 saturated heterocycles. The fourth-order valence-electron chi connectivity index (χ4n) is 3.59. The maximum atomic E-state index is 13.5. The summed E-state index contributed by atoms with van der Waals surface area (Å²) in [5.41, 5.74) is 1.13. The van der Waals surface area contributed by atoms with Crippen LogP contribution in [-0.2, 0) is 11.3 Å². The van der Waals surface area contributed by atoms with Crippen LogP contribution in [-0.4, -0.2) is 40.6 Å². The van der Waals surface area contributed by atoms with Gasteiger partial charge in [0.05, 0.1) is 22.5 Å². The van der Waals surface area contributed by atoms with E-state index in [4.69, 9.17) is 9.72 Å². The van der Waals surface area contributed by atoms with Crippen molar-refractivity contribution in [3.8, 4) is 0 Å². The molecule has 0 fully saturated rings. The molecule has 158 valence electrons. The number of nitrogens with zero attached hydrogens (tertiary/aromatic N) is 3. The minimum absolute atomic E-state index is 0.0878. The lowest BCUT2D eigenvalue weighted by Gasteiger charge is -2.31. The number of carbonyl (C=O) groups is 1. The second-order valence-corrected chi connectivity index (χ2v) is 7.89. The number of aromatic nitrogens is 2. The van der Waals surface area contributed by atoms with Crippen molar-refractivity contribution in [1.29, 1.82) is 0 Å². The van der Waals surface area contributed by atoms with Gasteiger partial charge in [-0.3, -0.25) is 14.2 Å². The highest BCUT2D eigenvalue weighted by molar-refractivity contribution is 9.10. The molecule has 0 aliphatic carbocycles. The molecule has 1 aromatic heterocycles. The Bertz CT molecular complexity index is 1100. The number of amides is 1. The number of halogens is 1. The molecule has 1 heterocycles. The van der Waals surface area contributed by atoms with E-state index in [2.05, 4.69) is 15.9 Å². The van der Waals surface area contributed by atoms with Crippen molar-refractivity contribution in [3.63, 3.8) is 0 Å². The molecule has 30 heavy (non-hydrogen) atoms. The maximum Gasteiger partial charge on any atom is 0.261 e. The second kappa shape index (κ2) is 10.00. The molecule has 1 amide bonds. The van der Waals surface area contributed by atoms with E-state index in [1.165, 1.54) is 0 Å². The first-order valence-corrected chi connectivity index (χ1v) is 10.8. The summed E-state index contributed by atoms with van der Waals surface area (Å²) in [5.74, 6) is 0.468. The predicted octanol–water partition coefficient (Wildman–Crippen LogP) is 4.42. The second-order valence-electron chi connectivity index (χ2n) is 7.04. The number of fused-ring (bicyclic) bond motifs is 1. The number of hydrogen-bond donors (Lipinski definition) is 0. The summed E-state index contributed by atoms with van der Waals surface area (Å²) >= 11 is 3.48. The van der Waals surface area contributed by atoms with Crippen LogP contribution >= 0.6 is 15.9 Å². The Labute approximate surface area is 184 Å². The van der Waals surface area contributed by atoms with Crippen LogP contribution in [0.25, 0.3) is 10.9 Å². The fraction of sp³-hybridized carbons (Fsp3) is 0.348. The third-order valence-corrected chi connectivity index (χ3v) is 5.85. The summed E-state index contributed by atoms with van der Waals surface area (Å²) in [6.45, 7) is 5.34. The van der Waals surface area contributed by atoms with Crippen molar-refractivity contribution < 1.29 is 9.53 Å². The van der Waals surface area contributed by atoms with Crippen molar-refractivity contribution in [2.24, 2.45) is 0 Å². The lowest BCUT2D eigenvalue weighted by atomic mass is 10.1. The number of hydrogen-bond acceptors (Lipinski definition) is 4. The topological polar surface area (TPSA) is 64.4 Å². The van der Waals surface area contributed by atoms with Crippen LogP contribution in [0, 0.1) is 0 Å². The monoisotopic (exact) mass is 471 g/mol. The Hall–Kier alpha value is -2.51. The van der Waals surface area contributed by atoms with Gasteiger partial charge in [0.1, 0.15) is 5.82 Å². The molecule has 2 aromatic carbocycles. The zero-order valence-corrected chi connectivity index (χ0v) is 19.1. The lowest BCUT2D eigenvalue weighted by molar-refractivity contribution is 0.0654. The Morgan fingerprint density at radius 1 is 1.20 bits per heavy atom. The van der Waals surface area contributed by atoms with E-state index in [0.29, 0.717) is 48.4 Å². The quantitative estimate of drug-likeness (QED) is 0.456. The minimum Gasteiger partial charge on any atom is -0.385 e. The summed E-state index contributed by atoms with van der Waals surface area (Å²) in [7, 11) is 1.64. The van der Waals surface area contributed by atoms with Crippen molar-refractivity contribution in [3.05, 3.63) is 74.7 Å². The smallest absolute Gasteiger partial charge is 0.261 e. The predicted molar refractivity (Wildman–Crippen MR) is 122 cm³/mol. The highest BCUT2D eigenvalue weighted by Gasteiger charge is 2.27. The van der Waals surface area contributed by atoms with Crippen molar-refractivity contribution in [2.75, 3.05) is 20.3 Å². The van der Waals surface area contributed by atoms with Crippen LogP contribution < -0.4 is 5.56 Å². The zero-order chi connectivity index (χ0) is 21.7. The molecule has 0 saturated carbocycles. The maximum absolute atomic E-state index is 13.5. The van der Waals surface area contributed by atoms with Crippen LogP contribution in [0.2, 0.25) is 0 Å². The fourth-order valence-corrected chi connectivity index (χ4v) is 4.04.